The van der Waals surface area contributed by atoms with Gasteiger partial charge in [-0.1, -0.05) is 17.7 Å². The lowest BCUT2D eigenvalue weighted by molar-refractivity contribution is 0.122. The molecule has 36 heavy (non-hydrogen) atoms. The van der Waals surface area contributed by atoms with Gasteiger partial charge in [-0.25, -0.2) is 4.98 Å². The van der Waals surface area contributed by atoms with Gasteiger partial charge in [0.05, 0.1) is 43.7 Å². The Hall–Kier alpha value is -3.11. The van der Waals surface area contributed by atoms with Crippen molar-refractivity contribution in [1.29, 1.82) is 0 Å². The molecule has 2 saturated heterocycles. The molecule has 0 radical (unpaired) electrons. The van der Waals surface area contributed by atoms with E-state index in [0.717, 1.165) is 80.9 Å². The molecule has 2 aromatic carbocycles. The number of rotatable bonds is 7. The first-order valence-electron chi connectivity index (χ1n) is 12.1. The van der Waals surface area contributed by atoms with Gasteiger partial charge in [0.15, 0.2) is 0 Å². The average molecular weight is 511 g/mol. The van der Waals surface area contributed by atoms with E-state index in [1.54, 1.807) is 18.3 Å². The first kappa shape index (κ1) is 24.6. The highest BCUT2D eigenvalue weighted by molar-refractivity contribution is 6.33. The predicted octanol–water partition coefficient (Wildman–Crippen LogP) is 3.81. The molecule has 0 spiro atoms. The summed E-state index contributed by atoms with van der Waals surface area (Å²) >= 11 is 6.44. The lowest BCUT2D eigenvalue weighted by atomic mass is 10.2. The van der Waals surface area contributed by atoms with Gasteiger partial charge in [0.2, 0.25) is 5.95 Å². The molecule has 2 N–H and O–H groups in total. The highest BCUT2D eigenvalue weighted by Gasteiger charge is 2.18. The maximum atomic E-state index is 9.53. The van der Waals surface area contributed by atoms with Crippen molar-refractivity contribution in [3.05, 3.63) is 59.2 Å². The van der Waals surface area contributed by atoms with Crippen molar-refractivity contribution in [2.75, 3.05) is 79.7 Å². The third-order valence-corrected chi connectivity index (χ3v) is 6.77. The second-order valence-corrected chi connectivity index (χ2v) is 9.21. The molecule has 2 aliphatic rings. The lowest BCUT2D eigenvalue weighted by Gasteiger charge is -2.33. The number of morpholine rings is 2. The van der Waals surface area contributed by atoms with E-state index in [1.807, 2.05) is 24.1 Å². The fraction of sp³-hybridized carbons (Fsp3) is 0.385. The standard InChI is InChI=1S/C26H31ClN6O3/c1-31(24-14-19(18-34)2-3-23(24)27)25-4-5-28-26(30-25)29-20-15-21(32-6-10-35-11-7-32)17-22(16-20)33-8-12-36-13-9-33/h2-5,14-17,34H,6-13,18H2,1H3,(H,28,29,30). The SMILES string of the molecule is CN(c1ccnc(Nc2cc(N3CCOCC3)cc(N3CCOCC3)c2)n1)c1cc(CO)ccc1Cl. The fourth-order valence-corrected chi connectivity index (χ4v) is 4.68. The zero-order valence-electron chi connectivity index (χ0n) is 20.4. The van der Waals surface area contributed by atoms with Crippen LogP contribution in [0.15, 0.2) is 48.7 Å². The average Bonchev–Trinajstić information content (AvgIpc) is 2.94. The molecule has 0 aliphatic carbocycles. The number of aliphatic hydroxyl groups is 1. The van der Waals surface area contributed by atoms with Crippen molar-refractivity contribution in [1.82, 2.24) is 9.97 Å². The van der Waals surface area contributed by atoms with E-state index in [9.17, 15) is 5.11 Å². The minimum atomic E-state index is -0.0560. The summed E-state index contributed by atoms with van der Waals surface area (Å²) in [6, 6.07) is 13.8. The van der Waals surface area contributed by atoms with Crippen molar-refractivity contribution in [3.63, 3.8) is 0 Å². The number of halogens is 1. The Morgan fingerprint density at radius 3 is 2.19 bits per heavy atom. The lowest BCUT2D eigenvalue weighted by Crippen LogP contribution is -2.38. The summed E-state index contributed by atoms with van der Waals surface area (Å²) in [5, 5.41) is 13.5. The summed E-state index contributed by atoms with van der Waals surface area (Å²) < 4.78 is 11.1. The number of nitrogens with one attached hydrogen (secondary N) is 1. The third-order valence-electron chi connectivity index (χ3n) is 6.45. The third kappa shape index (κ3) is 5.65. The van der Waals surface area contributed by atoms with E-state index in [4.69, 9.17) is 26.1 Å². The van der Waals surface area contributed by atoms with Crippen LogP contribution in [0, 0.1) is 0 Å². The fourth-order valence-electron chi connectivity index (χ4n) is 4.44. The van der Waals surface area contributed by atoms with Crippen LogP contribution in [-0.2, 0) is 16.1 Å². The smallest absolute Gasteiger partial charge is 0.229 e. The number of hydrogen-bond donors (Lipinski definition) is 2. The summed E-state index contributed by atoms with van der Waals surface area (Å²) in [5.41, 5.74) is 4.75. The highest BCUT2D eigenvalue weighted by atomic mass is 35.5. The van der Waals surface area contributed by atoms with Crippen LogP contribution >= 0.6 is 11.6 Å². The number of benzene rings is 2. The summed E-state index contributed by atoms with van der Waals surface area (Å²) in [7, 11) is 1.89. The molecule has 190 valence electrons. The first-order chi connectivity index (χ1) is 17.6. The van der Waals surface area contributed by atoms with Crippen molar-refractivity contribution in [2.24, 2.45) is 0 Å². The maximum Gasteiger partial charge on any atom is 0.229 e. The largest absolute Gasteiger partial charge is 0.392 e. The summed E-state index contributed by atoms with van der Waals surface area (Å²) in [5.74, 6) is 1.17. The summed E-state index contributed by atoms with van der Waals surface area (Å²) in [6.07, 6.45) is 1.72. The minimum Gasteiger partial charge on any atom is -0.392 e. The van der Waals surface area contributed by atoms with E-state index >= 15 is 0 Å². The quantitative estimate of drug-likeness (QED) is 0.492. The van der Waals surface area contributed by atoms with Crippen LogP contribution in [-0.4, -0.2) is 74.7 Å². The highest BCUT2D eigenvalue weighted by Crippen LogP contribution is 2.33. The van der Waals surface area contributed by atoms with Crippen molar-refractivity contribution in [2.45, 2.75) is 6.61 Å². The molecule has 5 rings (SSSR count). The van der Waals surface area contributed by atoms with Crippen LogP contribution in [0.4, 0.5) is 34.5 Å². The molecule has 3 aromatic rings. The number of aliphatic hydroxyl groups excluding tert-OH is 1. The normalized spacial score (nSPS) is 16.2. The molecule has 0 saturated carbocycles. The number of hydrogen-bond acceptors (Lipinski definition) is 9. The van der Waals surface area contributed by atoms with Gasteiger partial charge >= 0.3 is 0 Å². The molecule has 1 aromatic heterocycles. The van der Waals surface area contributed by atoms with Crippen molar-refractivity contribution in [3.8, 4) is 0 Å². The van der Waals surface area contributed by atoms with E-state index in [2.05, 4.69) is 38.3 Å². The Bertz CT molecular complexity index is 1150. The van der Waals surface area contributed by atoms with Crippen LogP contribution in [0.3, 0.4) is 0 Å². The Labute approximate surface area is 216 Å². The molecule has 0 atom stereocenters. The summed E-state index contributed by atoms with van der Waals surface area (Å²) in [4.78, 5) is 15.8. The van der Waals surface area contributed by atoms with E-state index in [-0.39, 0.29) is 6.61 Å². The van der Waals surface area contributed by atoms with Gasteiger partial charge in [0, 0.05) is 56.5 Å². The van der Waals surface area contributed by atoms with Crippen LogP contribution in [0.25, 0.3) is 0 Å². The number of ether oxygens (including phenoxy) is 2. The van der Waals surface area contributed by atoms with Crippen molar-refractivity contribution < 1.29 is 14.6 Å². The molecule has 10 heteroatoms. The number of aromatic nitrogens is 2. The zero-order chi connectivity index (χ0) is 24.9. The van der Waals surface area contributed by atoms with Gasteiger partial charge in [-0.2, -0.15) is 4.98 Å². The Kier molecular flexibility index (Phi) is 7.72. The van der Waals surface area contributed by atoms with Gasteiger partial charge in [-0.05, 0) is 42.0 Å². The predicted molar refractivity (Wildman–Crippen MR) is 143 cm³/mol. The molecule has 9 nitrogen and oxygen atoms in total. The summed E-state index contributed by atoms with van der Waals surface area (Å²) in [6.45, 7) is 6.27. The first-order valence-corrected chi connectivity index (χ1v) is 12.5. The molecule has 2 fully saturated rings. The van der Waals surface area contributed by atoms with Gasteiger partial charge in [0.1, 0.15) is 5.82 Å². The van der Waals surface area contributed by atoms with Gasteiger partial charge in [-0.15, -0.1) is 0 Å². The molecule has 0 amide bonds. The zero-order valence-corrected chi connectivity index (χ0v) is 21.1. The number of anilines is 6. The van der Waals surface area contributed by atoms with E-state index < -0.39 is 0 Å². The molecular formula is C26H31ClN6O3. The second kappa shape index (κ2) is 11.3. The molecule has 2 aliphatic heterocycles. The molecule has 0 unspecified atom stereocenters. The number of nitrogens with zero attached hydrogens (tertiary/aromatic N) is 5. The van der Waals surface area contributed by atoms with Gasteiger partial charge in [0.25, 0.3) is 0 Å². The monoisotopic (exact) mass is 510 g/mol. The molecule has 0 bridgehead atoms. The second-order valence-electron chi connectivity index (χ2n) is 8.80. The Morgan fingerprint density at radius 2 is 1.58 bits per heavy atom. The minimum absolute atomic E-state index is 0.0560. The topological polar surface area (TPSA) is 86.2 Å². The van der Waals surface area contributed by atoms with Crippen LogP contribution < -0.4 is 20.0 Å². The van der Waals surface area contributed by atoms with Crippen LogP contribution in [0.1, 0.15) is 5.56 Å². The Morgan fingerprint density at radius 1 is 0.944 bits per heavy atom. The molecular weight excluding hydrogens is 480 g/mol. The Balaban J connectivity index is 1.43. The van der Waals surface area contributed by atoms with E-state index in [1.165, 1.54) is 0 Å². The van der Waals surface area contributed by atoms with Crippen molar-refractivity contribution >= 4 is 46.1 Å². The van der Waals surface area contributed by atoms with E-state index in [0.29, 0.717) is 16.8 Å². The van der Waals surface area contributed by atoms with Gasteiger partial charge < -0.3 is 34.6 Å². The molecule has 3 heterocycles. The maximum absolute atomic E-state index is 9.53. The van der Waals surface area contributed by atoms with Gasteiger partial charge in [-0.3, -0.25) is 0 Å². The van der Waals surface area contributed by atoms with Crippen LogP contribution in [0.2, 0.25) is 5.02 Å². The van der Waals surface area contributed by atoms with Crippen LogP contribution in [0.5, 0.6) is 0 Å².